The van der Waals surface area contributed by atoms with Crippen molar-refractivity contribution in [3.8, 4) is 0 Å². The van der Waals surface area contributed by atoms with Crippen LogP contribution in [0.15, 0.2) is 11.6 Å². The highest BCUT2D eigenvalue weighted by Gasteiger charge is 2.67. The zero-order valence-electron chi connectivity index (χ0n) is 37.2. The highest BCUT2D eigenvalue weighted by atomic mass is 16.6. The summed E-state index contributed by atoms with van der Waals surface area (Å²) in [6.07, 6.45) is 8.06. The van der Waals surface area contributed by atoms with Crippen LogP contribution in [0, 0.1) is 76.9 Å². The number of rotatable bonds is 6. The number of esters is 1. The second-order valence-electron chi connectivity index (χ2n) is 21.9. The predicted molar refractivity (Wildman–Crippen MR) is 228 cm³/mol. The molecule has 23 atom stereocenters. The number of aliphatic hydroxyl groups excluding tert-OH is 4. The van der Waals surface area contributed by atoms with Crippen molar-refractivity contribution in [2.45, 2.75) is 172 Å². The van der Waals surface area contributed by atoms with Gasteiger partial charge < -0.3 is 51.0 Å². The molecule has 6 aliphatic heterocycles. The van der Waals surface area contributed by atoms with Gasteiger partial charge in [-0.15, -0.1) is 0 Å². The zero-order valence-corrected chi connectivity index (χ0v) is 37.2. The summed E-state index contributed by atoms with van der Waals surface area (Å²) >= 11 is 0. The van der Waals surface area contributed by atoms with Gasteiger partial charge in [-0.25, -0.2) is 4.79 Å². The maximum atomic E-state index is 14.4. The van der Waals surface area contributed by atoms with Crippen LogP contribution in [0.4, 0.5) is 0 Å². The van der Waals surface area contributed by atoms with Crippen LogP contribution in [-0.4, -0.2) is 119 Å². The van der Waals surface area contributed by atoms with Gasteiger partial charge in [-0.3, -0.25) is 10.1 Å². The molecule has 0 aromatic carbocycles. The molecule has 9 fully saturated rings. The van der Waals surface area contributed by atoms with Gasteiger partial charge in [0.1, 0.15) is 17.5 Å². The molecule has 3 aliphatic carbocycles. The van der Waals surface area contributed by atoms with Gasteiger partial charge in [0.25, 0.3) is 0 Å². The molecule has 344 valence electrons. The third-order valence-electron chi connectivity index (χ3n) is 18.8. The van der Waals surface area contributed by atoms with E-state index in [1.165, 1.54) is 6.42 Å². The molecular formula is C48H78N4O9. The van der Waals surface area contributed by atoms with Crippen molar-refractivity contribution < 1.29 is 44.2 Å². The quantitative estimate of drug-likeness (QED) is 0.143. The molecule has 9 rings (SSSR count). The molecular weight excluding hydrogens is 777 g/mol. The van der Waals surface area contributed by atoms with Crippen molar-refractivity contribution in [2.75, 3.05) is 26.3 Å². The second kappa shape index (κ2) is 18.0. The summed E-state index contributed by atoms with van der Waals surface area (Å²) in [7, 11) is 0. The van der Waals surface area contributed by atoms with Crippen LogP contribution in [0.2, 0.25) is 0 Å². The summed E-state index contributed by atoms with van der Waals surface area (Å²) in [6.45, 7) is 9.27. The number of piperidine rings is 3. The Hall–Kier alpha value is -1.52. The fraction of sp³-hybridized carbons (Fsp3) is 0.917. The predicted octanol–water partition coefficient (Wildman–Crippen LogP) is 3.01. The molecule has 6 saturated heterocycles. The van der Waals surface area contributed by atoms with Gasteiger partial charge in [0.15, 0.2) is 0 Å². The van der Waals surface area contributed by atoms with E-state index in [1.807, 2.05) is 6.92 Å². The van der Waals surface area contributed by atoms with E-state index in [-0.39, 0.29) is 73.0 Å². The van der Waals surface area contributed by atoms with Gasteiger partial charge in [-0.05, 0) is 177 Å². The van der Waals surface area contributed by atoms with E-state index in [4.69, 9.17) is 19.9 Å². The molecule has 3 saturated carbocycles. The molecule has 61 heavy (non-hydrogen) atoms. The highest BCUT2D eigenvalue weighted by molar-refractivity contribution is 5.87. The Morgan fingerprint density at radius 3 is 2.44 bits per heavy atom. The van der Waals surface area contributed by atoms with E-state index in [1.54, 1.807) is 13.0 Å². The van der Waals surface area contributed by atoms with E-state index in [0.29, 0.717) is 48.4 Å². The van der Waals surface area contributed by atoms with Crippen molar-refractivity contribution in [3.63, 3.8) is 0 Å². The van der Waals surface area contributed by atoms with E-state index >= 15 is 0 Å². The summed E-state index contributed by atoms with van der Waals surface area (Å²) in [5.41, 5.74) is 6.92. The second-order valence-corrected chi connectivity index (χ2v) is 21.9. The molecule has 13 nitrogen and oxygen atoms in total. The molecule has 13 heteroatoms. The largest absolute Gasteiger partial charge is 0.456 e. The molecule has 9 aliphatic rings. The lowest BCUT2D eigenvalue weighted by atomic mass is 9.50. The van der Waals surface area contributed by atoms with Crippen molar-refractivity contribution in [1.82, 2.24) is 16.0 Å². The lowest BCUT2D eigenvalue weighted by molar-refractivity contribution is -0.311. The van der Waals surface area contributed by atoms with Crippen LogP contribution >= 0.6 is 0 Å². The van der Waals surface area contributed by atoms with Crippen LogP contribution in [0.1, 0.15) is 111 Å². The Morgan fingerprint density at radius 2 is 1.67 bits per heavy atom. The van der Waals surface area contributed by atoms with E-state index in [0.717, 1.165) is 70.9 Å². The van der Waals surface area contributed by atoms with Crippen molar-refractivity contribution in [1.29, 1.82) is 0 Å². The summed E-state index contributed by atoms with van der Waals surface area (Å²) in [5.74, 6) is -1.24. The van der Waals surface area contributed by atoms with Gasteiger partial charge in [-0.1, -0.05) is 6.08 Å². The van der Waals surface area contributed by atoms with Crippen molar-refractivity contribution in [2.24, 2.45) is 82.7 Å². The zero-order chi connectivity index (χ0) is 42.9. The van der Waals surface area contributed by atoms with E-state index in [9.17, 15) is 30.0 Å². The van der Waals surface area contributed by atoms with Crippen LogP contribution < -0.4 is 21.7 Å². The molecule has 0 aromatic heterocycles. The molecule has 0 radical (unpaired) electrons. The maximum Gasteiger partial charge on any atom is 0.333 e. The smallest absolute Gasteiger partial charge is 0.333 e. The minimum Gasteiger partial charge on any atom is -0.456 e. The summed E-state index contributed by atoms with van der Waals surface area (Å²) in [5, 5.41) is 57.8. The number of nitrogens with one attached hydrogen (secondary N) is 3. The Balaban J connectivity index is 1.22. The monoisotopic (exact) mass is 855 g/mol. The Bertz CT molecular complexity index is 1620. The third kappa shape index (κ3) is 8.13. The molecule has 9 N–H and O–H groups in total. The number of ether oxygens (including phenoxy) is 3. The number of aliphatic hydroxyl groups is 4. The first-order valence-corrected chi connectivity index (χ1v) is 24.6. The standard InChI is InChI=1S/C48H78N4O9/c1-5-23(2)47(58)60-37-19-34-42(57)40-36(56)18-31(21-53)59-44(40)41-39-32-12-13-50-45(49)38(32)27(9-8-26-10-11-30(55)17-33(26)35(39)22-54)16-29(48(37,4)61-43(34)41)15-25-14-28-7-6-24(3)52-46(28)51-20-25/h5,24-35,37-46,50-55,57H,6-22,49H2,1-4H3. The Kier molecular flexibility index (Phi) is 13.2. The fourth-order valence-corrected chi connectivity index (χ4v) is 15.8. The lowest BCUT2D eigenvalue weighted by Gasteiger charge is -2.63. The van der Waals surface area contributed by atoms with Gasteiger partial charge >= 0.3 is 5.97 Å². The third-order valence-corrected chi connectivity index (χ3v) is 18.8. The van der Waals surface area contributed by atoms with Crippen LogP contribution in [-0.2, 0) is 23.8 Å². The molecule has 0 amide bonds. The number of carbonyl (C=O) groups is 2. The minimum absolute atomic E-state index is 0.0119. The number of nitrogens with two attached hydrogens (primary N) is 1. The number of hydrogen-bond donors (Lipinski definition) is 8. The molecule has 0 aromatic rings. The Labute approximate surface area is 363 Å². The van der Waals surface area contributed by atoms with Crippen molar-refractivity contribution in [3.05, 3.63) is 11.6 Å². The van der Waals surface area contributed by atoms with Crippen LogP contribution in [0.25, 0.3) is 0 Å². The SMILES string of the molecule is CC=C(C)C(=O)OC1CC2C(O)C3C(=O)CC(CO)OC3C3C2OC1(C)C(CC1CNC2NC(C)CCC2C1)CC1CCC2CCC(O)CC2C(CO)C3C2CCNC(N)C12. The first-order valence-electron chi connectivity index (χ1n) is 24.6. The van der Waals surface area contributed by atoms with Crippen LogP contribution in [0.3, 0.4) is 0 Å². The Morgan fingerprint density at radius 1 is 0.902 bits per heavy atom. The lowest BCUT2D eigenvalue weighted by Crippen LogP contribution is -2.72. The average molecular weight is 855 g/mol. The number of Topliss-reactive ketones (excluding diaryl/α,β-unsaturated/α-hetero) is 1. The van der Waals surface area contributed by atoms with E-state index in [2.05, 4.69) is 29.8 Å². The van der Waals surface area contributed by atoms with Gasteiger partial charge in [0.2, 0.25) is 0 Å². The van der Waals surface area contributed by atoms with Gasteiger partial charge in [0, 0.05) is 36.5 Å². The highest BCUT2D eigenvalue weighted by Crippen LogP contribution is 2.61. The molecule has 0 spiro atoms. The first-order chi connectivity index (χ1) is 29.3. The number of allylic oxidation sites excluding steroid dienone is 1. The number of fused-ring (bicyclic) bond motifs is 6. The summed E-state index contributed by atoms with van der Waals surface area (Å²) in [6, 6.07) is 0.489. The maximum absolute atomic E-state index is 14.4. The number of carbonyl (C=O) groups excluding carboxylic acids is 2. The van der Waals surface area contributed by atoms with Crippen molar-refractivity contribution >= 4 is 11.8 Å². The number of hydrogen-bond acceptors (Lipinski definition) is 13. The van der Waals surface area contributed by atoms with E-state index < -0.39 is 65.9 Å². The molecule has 4 bridgehead atoms. The summed E-state index contributed by atoms with van der Waals surface area (Å²) < 4.78 is 21.4. The summed E-state index contributed by atoms with van der Waals surface area (Å²) in [4.78, 5) is 28.4. The first kappa shape index (κ1) is 44.7. The van der Waals surface area contributed by atoms with Gasteiger partial charge in [0.05, 0.1) is 55.4 Å². The molecule has 6 heterocycles. The fourth-order valence-electron chi connectivity index (χ4n) is 15.8. The number of ketones is 1. The average Bonchev–Trinajstić information content (AvgIpc) is 3.29. The van der Waals surface area contributed by atoms with Crippen LogP contribution in [0.5, 0.6) is 0 Å². The topological polar surface area (TPSA) is 205 Å². The minimum atomic E-state index is -1.11. The molecule has 23 unspecified atom stereocenters. The van der Waals surface area contributed by atoms with Gasteiger partial charge in [-0.2, -0.15) is 0 Å². The normalized spacial score (nSPS) is 52.5.